The second-order valence-electron chi connectivity index (χ2n) is 0.183. The molecule has 7 nitrogen and oxygen atoms in total. The molecule has 0 aromatic heterocycles. The Balaban J connectivity index is -0.00000000400. The van der Waals surface area contributed by atoms with Crippen LogP contribution in [-0.2, 0) is 69.5 Å². The van der Waals surface area contributed by atoms with Crippen molar-refractivity contribution in [1.29, 1.82) is 0 Å². The quantitative estimate of drug-likeness (QED) is 0.400. The molecule has 11 heavy (non-hydrogen) atoms. The summed E-state index contributed by atoms with van der Waals surface area (Å²) < 4.78 is 0. The van der Waals surface area contributed by atoms with Crippen LogP contribution in [0.2, 0.25) is 0 Å². The Hall–Kier alpha value is 0.249. The Morgan fingerprint density at radius 3 is 0.727 bits per heavy atom. The first-order valence-electron chi connectivity index (χ1n) is 0.855. The van der Waals surface area contributed by atoms with E-state index in [9.17, 15) is 0 Å². The fourth-order valence-corrected chi connectivity index (χ4v) is 0. The summed E-state index contributed by atoms with van der Waals surface area (Å²) in [7, 11) is 0. The maximum Gasteiger partial charge on any atom is 4.00 e. The molecular weight excluding hydrogens is 232 g/mol. The van der Waals surface area contributed by atoms with Gasteiger partial charge in [0, 0.05) is 0 Å². The minimum atomic E-state index is 0. The molecule has 2 N–H and O–H groups in total. The average molecular weight is 234 g/mol. The van der Waals surface area contributed by atoms with Crippen LogP contribution >= 0.6 is 0 Å². The molecule has 0 fully saturated rings. The third-order valence-electron chi connectivity index (χ3n) is 0. The van der Waals surface area contributed by atoms with E-state index in [4.69, 9.17) is 19.8 Å². The Bertz CT molecular complexity index is 35.4. The van der Waals surface area contributed by atoms with Gasteiger partial charge in [0.15, 0.2) is 0 Å². The van der Waals surface area contributed by atoms with Gasteiger partial charge in [0.1, 0.15) is 0 Å². The summed E-state index contributed by atoms with van der Waals surface area (Å²) in [6.45, 7) is 1.00. The summed E-state index contributed by atoms with van der Waals surface area (Å²) in [4.78, 5) is 16.5. The van der Waals surface area contributed by atoms with Crippen LogP contribution < -0.4 is 0 Å². The van der Waals surface area contributed by atoms with Crippen molar-refractivity contribution in [1.82, 2.24) is 0 Å². The molecule has 0 saturated heterocycles. The van der Waals surface area contributed by atoms with Crippen molar-refractivity contribution in [3.8, 4) is 0 Å². The van der Waals surface area contributed by atoms with Crippen LogP contribution in [0, 0.1) is 0 Å². The first kappa shape index (κ1) is 65.5. The van der Waals surface area contributed by atoms with Crippen LogP contribution in [0.3, 0.4) is 0 Å². The second kappa shape index (κ2) is 173. The van der Waals surface area contributed by atoms with Crippen molar-refractivity contribution in [3.05, 3.63) is 0 Å². The normalized spacial score (nSPS) is 2.18. The van der Waals surface area contributed by atoms with Gasteiger partial charge in [-0.15, -0.1) is 0 Å². The fourth-order valence-electron chi connectivity index (χ4n) is 0. The Morgan fingerprint density at radius 1 is 0.727 bits per heavy atom. The molecule has 60 valence electrons. The maximum absolute atomic E-state index is 8.24. The van der Waals surface area contributed by atoms with Crippen molar-refractivity contribution >= 4 is 12.9 Å². The van der Waals surface area contributed by atoms with E-state index in [1.807, 2.05) is 0 Å². The molecular formula is C2H2O7Ti2. The Kier molecular flexibility index (Phi) is 1030. The van der Waals surface area contributed by atoms with Crippen LogP contribution in [0.25, 0.3) is 0 Å². The second-order valence-corrected chi connectivity index (χ2v) is 0.183. The molecule has 0 aliphatic heterocycles. The first-order valence-corrected chi connectivity index (χ1v) is 0.855. The molecule has 0 heterocycles. The van der Waals surface area contributed by atoms with Crippen molar-refractivity contribution in [3.63, 3.8) is 0 Å². The van der Waals surface area contributed by atoms with Gasteiger partial charge in [0.25, 0.3) is 0 Å². The van der Waals surface area contributed by atoms with Crippen LogP contribution in [0.5, 0.6) is 0 Å². The number of aliphatic hydroxyl groups excluding tert-OH is 2. The topological polar surface area (TPSA) is 160 Å². The predicted molar refractivity (Wildman–Crippen MR) is 18.7 cm³/mol. The Morgan fingerprint density at radius 2 is 0.727 bits per heavy atom. The summed E-state index contributed by atoms with van der Waals surface area (Å²) in [5.41, 5.74) is 0. The molecule has 0 unspecified atom stereocenters. The molecule has 0 saturated carbocycles. The standard InChI is InChI=1S/2CHO2.3O.2Ti/c2*2-1-3;;;;;/h2*(H,2,3);;;;;/q2*-1;3*-2;2*+4. The zero-order valence-electron chi connectivity index (χ0n) is 4.94. The van der Waals surface area contributed by atoms with Crippen molar-refractivity contribution < 1.29 is 79.7 Å². The van der Waals surface area contributed by atoms with E-state index >= 15 is 0 Å². The zero-order chi connectivity index (χ0) is 5.41. The molecule has 0 rings (SSSR count). The van der Waals surface area contributed by atoms with Gasteiger partial charge in [-0.25, -0.2) is 0 Å². The SMILES string of the molecule is O=[C-]O.O=[C-]O.[O-2].[O-2].[O-2].[Ti+4].[Ti+4]. The van der Waals surface area contributed by atoms with Crippen molar-refractivity contribution in [2.45, 2.75) is 0 Å². The van der Waals surface area contributed by atoms with E-state index in [-0.39, 0.29) is 59.9 Å². The molecule has 0 aromatic rings. The smallest absolute Gasteiger partial charge is 2.00 e. The molecule has 0 radical (unpaired) electrons. The van der Waals surface area contributed by atoms with Crippen LogP contribution in [-0.4, -0.2) is 23.2 Å². The predicted octanol–water partition coefficient (Wildman–Crippen LogP) is -1.14. The van der Waals surface area contributed by atoms with E-state index in [0.717, 1.165) is 0 Å². The van der Waals surface area contributed by atoms with Gasteiger partial charge in [-0.05, 0) is 0 Å². The van der Waals surface area contributed by atoms with E-state index in [1.54, 1.807) is 0 Å². The van der Waals surface area contributed by atoms with Gasteiger partial charge in [0.2, 0.25) is 0 Å². The molecule has 0 aliphatic carbocycles. The average Bonchev–Trinajstić information content (AvgIpc) is 1.39. The first-order chi connectivity index (χ1) is 2.83. The van der Waals surface area contributed by atoms with Crippen LogP contribution in [0.1, 0.15) is 0 Å². The van der Waals surface area contributed by atoms with Crippen molar-refractivity contribution in [2.75, 3.05) is 0 Å². The third-order valence-corrected chi connectivity index (χ3v) is 0. The van der Waals surface area contributed by atoms with Crippen LogP contribution in [0.15, 0.2) is 0 Å². The minimum Gasteiger partial charge on any atom is -2.00 e. The molecule has 0 aromatic carbocycles. The number of hydrogen-bond donors (Lipinski definition) is 2. The summed E-state index contributed by atoms with van der Waals surface area (Å²) in [5, 5.41) is 13.5. The zero-order valence-corrected chi connectivity index (χ0v) is 8.06. The van der Waals surface area contributed by atoms with E-state index in [2.05, 4.69) is 0 Å². The molecule has 0 aliphatic rings. The number of rotatable bonds is 0. The fraction of sp³-hybridized carbons (Fsp3) is 0. The van der Waals surface area contributed by atoms with Gasteiger partial charge in [-0.3, -0.25) is 0 Å². The monoisotopic (exact) mass is 234 g/mol. The van der Waals surface area contributed by atoms with Gasteiger partial charge < -0.3 is 36.2 Å². The summed E-state index contributed by atoms with van der Waals surface area (Å²) in [6.07, 6.45) is 0. The largest absolute Gasteiger partial charge is 4.00 e. The van der Waals surface area contributed by atoms with E-state index in [1.165, 1.54) is 0 Å². The van der Waals surface area contributed by atoms with E-state index < -0.39 is 0 Å². The summed E-state index contributed by atoms with van der Waals surface area (Å²) in [5.74, 6) is 0. The van der Waals surface area contributed by atoms with Crippen LogP contribution in [0.4, 0.5) is 0 Å². The maximum atomic E-state index is 8.24. The molecule has 0 bridgehead atoms. The summed E-state index contributed by atoms with van der Waals surface area (Å²) >= 11 is 0. The van der Waals surface area contributed by atoms with Gasteiger partial charge in [-0.1, -0.05) is 12.9 Å². The molecule has 9 heteroatoms. The van der Waals surface area contributed by atoms with Gasteiger partial charge in [0.05, 0.1) is 0 Å². The Labute approximate surface area is 92.5 Å². The summed E-state index contributed by atoms with van der Waals surface area (Å²) in [6, 6.07) is 0. The molecule has 0 amide bonds. The van der Waals surface area contributed by atoms with Crippen molar-refractivity contribution in [2.24, 2.45) is 0 Å². The third kappa shape index (κ3) is 11300. The molecule has 0 atom stereocenters. The van der Waals surface area contributed by atoms with Gasteiger partial charge >= 0.3 is 43.4 Å². The minimum absolute atomic E-state index is 0. The number of hydrogen-bond acceptors (Lipinski definition) is 2. The van der Waals surface area contributed by atoms with Gasteiger partial charge in [-0.2, -0.15) is 0 Å². The molecule has 0 spiro atoms. The van der Waals surface area contributed by atoms with E-state index in [0.29, 0.717) is 12.9 Å².